The highest BCUT2D eigenvalue weighted by atomic mass is 16.5. The molecule has 23 heavy (non-hydrogen) atoms. The Morgan fingerprint density at radius 2 is 2.26 bits per heavy atom. The van der Waals surface area contributed by atoms with Crippen molar-refractivity contribution in [2.75, 3.05) is 20.2 Å². The predicted molar refractivity (Wildman–Crippen MR) is 95.8 cm³/mol. The van der Waals surface area contributed by atoms with E-state index in [-0.39, 0.29) is 0 Å². The number of aromatic nitrogens is 1. The lowest BCUT2D eigenvalue weighted by atomic mass is 9.95. The summed E-state index contributed by atoms with van der Waals surface area (Å²) in [6.07, 6.45) is 14.3. The first-order valence-corrected chi connectivity index (χ1v) is 8.60. The molecule has 1 aliphatic carbocycles. The Hall–Kier alpha value is -2.00. The van der Waals surface area contributed by atoms with Crippen molar-refractivity contribution in [2.45, 2.75) is 31.7 Å². The summed E-state index contributed by atoms with van der Waals surface area (Å²) >= 11 is 0. The van der Waals surface area contributed by atoms with Gasteiger partial charge in [0.1, 0.15) is 5.75 Å². The number of methoxy groups -OCH3 is 1. The van der Waals surface area contributed by atoms with Crippen molar-refractivity contribution >= 4 is 16.5 Å². The molecule has 0 radical (unpaired) electrons. The van der Waals surface area contributed by atoms with E-state index in [9.17, 15) is 0 Å². The van der Waals surface area contributed by atoms with E-state index >= 15 is 0 Å². The minimum absolute atomic E-state index is 0.643. The fraction of sp³-hybridized carbons (Fsp3) is 0.400. The van der Waals surface area contributed by atoms with Crippen LogP contribution in [0.2, 0.25) is 0 Å². The summed E-state index contributed by atoms with van der Waals surface area (Å²) in [4.78, 5) is 6.00. The largest absolute Gasteiger partial charge is 0.497 e. The quantitative estimate of drug-likeness (QED) is 0.853. The number of hydrogen-bond acceptors (Lipinski definition) is 2. The van der Waals surface area contributed by atoms with Gasteiger partial charge >= 0.3 is 0 Å². The minimum Gasteiger partial charge on any atom is -0.497 e. The Morgan fingerprint density at radius 1 is 1.30 bits per heavy atom. The molecule has 1 atom stereocenters. The van der Waals surface area contributed by atoms with Crippen LogP contribution in [0.15, 0.2) is 42.6 Å². The molecule has 3 heteroatoms. The van der Waals surface area contributed by atoms with Gasteiger partial charge in [-0.2, -0.15) is 0 Å². The second-order valence-corrected chi connectivity index (χ2v) is 6.51. The Balaban J connectivity index is 1.58. The van der Waals surface area contributed by atoms with E-state index in [0.717, 1.165) is 25.3 Å². The summed E-state index contributed by atoms with van der Waals surface area (Å²) in [7, 11) is 1.73. The van der Waals surface area contributed by atoms with E-state index < -0.39 is 0 Å². The lowest BCUT2D eigenvalue weighted by Gasteiger charge is -2.33. The highest BCUT2D eigenvalue weighted by Gasteiger charge is 2.21. The summed E-state index contributed by atoms with van der Waals surface area (Å²) in [6, 6.07) is 6.89. The van der Waals surface area contributed by atoms with E-state index in [1.54, 1.807) is 7.11 Å². The number of fused-ring (bicyclic) bond motifs is 1. The second kappa shape index (κ2) is 6.25. The van der Waals surface area contributed by atoms with Crippen LogP contribution in [-0.4, -0.2) is 36.1 Å². The molecule has 4 rings (SSSR count). The molecule has 0 amide bonds. The summed E-state index contributed by atoms with van der Waals surface area (Å²) in [5, 5.41) is 1.27. The van der Waals surface area contributed by atoms with Crippen LogP contribution in [0.1, 0.15) is 31.2 Å². The third-order valence-electron chi connectivity index (χ3n) is 5.17. The molecule has 0 fully saturated rings. The van der Waals surface area contributed by atoms with Crippen LogP contribution in [0, 0.1) is 0 Å². The number of hydrogen-bond donors (Lipinski definition) is 1. The van der Waals surface area contributed by atoms with Crippen LogP contribution >= 0.6 is 0 Å². The van der Waals surface area contributed by atoms with Crippen LogP contribution in [0.5, 0.6) is 5.75 Å². The van der Waals surface area contributed by atoms with Gasteiger partial charge in [-0.05, 0) is 49.5 Å². The van der Waals surface area contributed by atoms with Gasteiger partial charge in [0, 0.05) is 41.8 Å². The maximum Gasteiger partial charge on any atom is 0.119 e. The summed E-state index contributed by atoms with van der Waals surface area (Å²) in [5.74, 6) is 0.920. The maximum absolute atomic E-state index is 5.38. The standard InChI is InChI=1S/C20H24N2O/c1-23-17-7-8-20-18(13-17)19(14-21-20)15-9-11-22(12-10-15)16-5-3-2-4-6-16/h3,5,7-9,13-14,16,21H,2,4,6,10-12H2,1H3. The number of allylic oxidation sites excluding steroid dienone is 1. The topological polar surface area (TPSA) is 28.3 Å². The number of ether oxygens (including phenoxy) is 1. The van der Waals surface area contributed by atoms with Gasteiger partial charge in [-0.25, -0.2) is 0 Å². The van der Waals surface area contributed by atoms with Crippen LogP contribution in [0.4, 0.5) is 0 Å². The average Bonchev–Trinajstić information content (AvgIpc) is 3.05. The average molecular weight is 308 g/mol. The van der Waals surface area contributed by atoms with E-state index in [0.29, 0.717) is 6.04 Å². The highest BCUT2D eigenvalue weighted by molar-refractivity contribution is 5.93. The SMILES string of the molecule is COc1ccc2[nH]cc(C3=CCN(C4C=CCCC4)CC3)c2c1. The number of H-pyrrole nitrogens is 1. The molecule has 2 aromatic rings. The molecule has 0 saturated heterocycles. The number of nitrogens with one attached hydrogen (secondary N) is 1. The molecule has 2 heterocycles. The van der Waals surface area contributed by atoms with Crippen molar-refractivity contribution in [3.8, 4) is 5.75 Å². The zero-order valence-corrected chi connectivity index (χ0v) is 13.7. The monoisotopic (exact) mass is 308 g/mol. The summed E-state index contributed by atoms with van der Waals surface area (Å²) in [5.41, 5.74) is 3.97. The van der Waals surface area contributed by atoms with Gasteiger partial charge in [-0.15, -0.1) is 0 Å². The molecular weight excluding hydrogens is 284 g/mol. The van der Waals surface area contributed by atoms with Gasteiger partial charge in [0.15, 0.2) is 0 Å². The zero-order chi connectivity index (χ0) is 15.6. The highest BCUT2D eigenvalue weighted by Crippen LogP contribution is 2.32. The molecule has 1 unspecified atom stereocenters. The number of nitrogens with zero attached hydrogens (tertiary/aromatic N) is 1. The third-order valence-corrected chi connectivity index (χ3v) is 5.17. The van der Waals surface area contributed by atoms with Crippen molar-refractivity contribution < 1.29 is 4.74 Å². The maximum atomic E-state index is 5.38. The fourth-order valence-electron chi connectivity index (χ4n) is 3.82. The number of benzene rings is 1. The molecule has 0 saturated carbocycles. The van der Waals surface area contributed by atoms with Gasteiger partial charge in [0.05, 0.1) is 7.11 Å². The number of rotatable bonds is 3. The predicted octanol–water partition coefficient (Wildman–Crippen LogP) is 4.37. The second-order valence-electron chi connectivity index (χ2n) is 6.51. The van der Waals surface area contributed by atoms with E-state index in [1.165, 1.54) is 41.3 Å². The molecule has 1 aromatic heterocycles. The first-order valence-electron chi connectivity index (χ1n) is 8.60. The molecule has 3 nitrogen and oxygen atoms in total. The van der Waals surface area contributed by atoms with Gasteiger partial charge in [0.2, 0.25) is 0 Å². The molecule has 1 aromatic carbocycles. The van der Waals surface area contributed by atoms with Crippen LogP contribution in [0.25, 0.3) is 16.5 Å². The van der Waals surface area contributed by atoms with Crippen molar-refractivity contribution in [3.05, 3.63) is 48.2 Å². The van der Waals surface area contributed by atoms with Crippen molar-refractivity contribution in [1.82, 2.24) is 9.88 Å². The van der Waals surface area contributed by atoms with Gasteiger partial charge in [-0.3, -0.25) is 4.90 Å². The lowest BCUT2D eigenvalue weighted by molar-refractivity contribution is 0.235. The third kappa shape index (κ3) is 2.81. The van der Waals surface area contributed by atoms with Crippen LogP contribution in [-0.2, 0) is 0 Å². The van der Waals surface area contributed by atoms with Gasteiger partial charge < -0.3 is 9.72 Å². The van der Waals surface area contributed by atoms with Crippen LogP contribution < -0.4 is 4.74 Å². The first-order chi connectivity index (χ1) is 11.3. The molecule has 120 valence electrons. The van der Waals surface area contributed by atoms with Crippen molar-refractivity contribution in [2.24, 2.45) is 0 Å². The zero-order valence-electron chi connectivity index (χ0n) is 13.7. The lowest BCUT2D eigenvalue weighted by Crippen LogP contribution is -2.37. The molecule has 0 spiro atoms. The number of aromatic amines is 1. The van der Waals surface area contributed by atoms with E-state index in [2.05, 4.69) is 46.4 Å². The smallest absolute Gasteiger partial charge is 0.119 e. The molecular formula is C20H24N2O. The molecule has 0 bridgehead atoms. The Labute approximate surface area is 137 Å². The fourth-order valence-corrected chi connectivity index (χ4v) is 3.82. The van der Waals surface area contributed by atoms with Gasteiger partial charge in [-0.1, -0.05) is 18.2 Å². The Bertz CT molecular complexity index is 756. The Kier molecular flexibility index (Phi) is 3.96. The molecule has 2 aliphatic rings. The first kappa shape index (κ1) is 14.6. The summed E-state index contributed by atoms with van der Waals surface area (Å²) in [6.45, 7) is 2.21. The normalized spacial score (nSPS) is 22.3. The van der Waals surface area contributed by atoms with Crippen molar-refractivity contribution in [1.29, 1.82) is 0 Å². The van der Waals surface area contributed by atoms with Crippen molar-refractivity contribution in [3.63, 3.8) is 0 Å². The minimum atomic E-state index is 0.643. The van der Waals surface area contributed by atoms with Gasteiger partial charge in [0.25, 0.3) is 0 Å². The Morgan fingerprint density at radius 3 is 3.00 bits per heavy atom. The summed E-state index contributed by atoms with van der Waals surface area (Å²) < 4.78 is 5.38. The van der Waals surface area contributed by atoms with E-state index in [1.807, 2.05) is 6.07 Å². The molecule has 1 aliphatic heterocycles. The van der Waals surface area contributed by atoms with E-state index in [4.69, 9.17) is 4.74 Å². The van der Waals surface area contributed by atoms with Crippen LogP contribution in [0.3, 0.4) is 0 Å². The molecule has 1 N–H and O–H groups in total.